The Bertz CT molecular complexity index is 932. The number of carboxylic acids is 1. The predicted molar refractivity (Wildman–Crippen MR) is 94.5 cm³/mol. The average Bonchev–Trinajstić information content (AvgIpc) is 2.65. The summed E-state index contributed by atoms with van der Waals surface area (Å²) in [5.41, 5.74) is 0.0205. The van der Waals surface area contributed by atoms with Crippen LogP contribution < -0.4 is 5.32 Å². The van der Waals surface area contributed by atoms with Crippen LogP contribution in [0.2, 0.25) is 0 Å². The number of rotatable bonds is 4. The fourth-order valence-corrected chi connectivity index (χ4v) is 3.25. The van der Waals surface area contributed by atoms with E-state index in [-0.39, 0.29) is 0 Å². The lowest BCUT2D eigenvalue weighted by molar-refractivity contribution is -0.138. The molecule has 0 saturated carbocycles. The molecule has 3 N–H and O–H groups in total. The topological polar surface area (TPSA) is 104 Å². The van der Waals surface area contributed by atoms with Crippen LogP contribution in [0.15, 0.2) is 60.2 Å². The Morgan fingerprint density at radius 3 is 2.31 bits per heavy atom. The Balaban J connectivity index is 2.20. The highest BCUT2D eigenvalue weighted by atomic mass is 16.4. The van der Waals surface area contributed by atoms with Gasteiger partial charge in [0.05, 0.1) is 5.41 Å². The van der Waals surface area contributed by atoms with Gasteiger partial charge in [0.1, 0.15) is 17.9 Å². The summed E-state index contributed by atoms with van der Waals surface area (Å²) in [6.07, 6.45) is 0. The smallest absolute Gasteiger partial charge is 0.322 e. The standard InChI is InChI=1S/C20H17NO5/c1-20(12-7-3-2-4-8-12)14-10-6-5-9-13(14)17(24)16(18(20)25)19(26)21-11-15(22)23/h2-10,24H,11H2,1H3,(H,21,26)(H,22,23)/t20-/m0/s1. The molecule has 0 bridgehead atoms. The van der Waals surface area contributed by atoms with E-state index < -0.39 is 41.0 Å². The number of benzene rings is 2. The molecule has 1 atom stereocenters. The van der Waals surface area contributed by atoms with Crippen LogP contribution in [0.4, 0.5) is 0 Å². The summed E-state index contributed by atoms with van der Waals surface area (Å²) < 4.78 is 0. The first kappa shape index (κ1) is 17.4. The summed E-state index contributed by atoms with van der Waals surface area (Å²) >= 11 is 0. The van der Waals surface area contributed by atoms with E-state index in [4.69, 9.17) is 5.11 Å². The number of carboxylic acid groups (broad SMARTS) is 1. The van der Waals surface area contributed by atoms with Crippen molar-refractivity contribution in [3.05, 3.63) is 76.9 Å². The summed E-state index contributed by atoms with van der Waals surface area (Å²) in [6.45, 7) is 1.05. The van der Waals surface area contributed by atoms with Gasteiger partial charge in [-0.2, -0.15) is 0 Å². The zero-order chi connectivity index (χ0) is 18.9. The Labute approximate surface area is 149 Å². The van der Waals surface area contributed by atoms with Gasteiger partial charge in [-0.05, 0) is 18.1 Å². The maximum absolute atomic E-state index is 13.3. The Morgan fingerprint density at radius 2 is 1.65 bits per heavy atom. The molecular weight excluding hydrogens is 334 g/mol. The van der Waals surface area contributed by atoms with Crippen LogP contribution in [0.1, 0.15) is 23.6 Å². The summed E-state index contributed by atoms with van der Waals surface area (Å²) in [6, 6.07) is 15.8. The highest BCUT2D eigenvalue weighted by Gasteiger charge is 2.47. The minimum atomic E-state index is -1.24. The van der Waals surface area contributed by atoms with Gasteiger partial charge < -0.3 is 15.5 Å². The van der Waals surface area contributed by atoms with Crippen molar-refractivity contribution < 1.29 is 24.6 Å². The van der Waals surface area contributed by atoms with Crippen LogP contribution in [0.5, 0.6) is 0 Å². The normalized spacial score (nSPS) is 19.0. The first-order valence-corrected chi connectivity index (χ1v) is 8.00. The van der Waals surface area contributed by atoms with Gasteiger partial charge in [-0.1, -0.05) is 54.6 Å². The molecule has 2 aromatic rings. The minimum Gasteiger partial charge on any atom is -0.506 e. The van der Waals surface area contributed by atoms with E-state index in [1.165, 1.54) is 0 Å². The van der Waals surface area contributed by atoms with Gasteiger partial charge in [-0.15, -0.1) is 0 Å². The number of hydrogen-bond acceptors (Lipinski definition) is 4. The van der Waals surface area contributed by atoms with Gasteiger partial charge in [0, 0.05) is 5.56 Å². The van der Waals surface area contributed by atoms with Crippen molar-refractivity contribution in [1.82, 2.24) is 5.32 Å². The molecule has 1 amide bonds. The molecule has 0 fully saturated rings. The van der Waals surface area contributed by atoms with Crippen LogP contribution in [0.25, 0.3) is 5.76 Å². The van der Waals surface area contributed by atoms with Crippen LogP contribution in [-0.2, 0) is 19.8 Å². The summed E-state index contributed by atoms with van der Waals surface area (Å²) in [7, 11) is 0. The highest BCUT2D eigenvalue weighted by Crippen LogP contribution is 2.43. The molecule has 0 aromatic heterocycles. The van der Waals surface area contributed by atoms with Crippen LogP contribution >= 0.6 is 0 Å². The highest BCUT2D eigenvalue weighted by molar-refractivity contribution is 6.29. The molecule has 2 aromatic carbocycles. The summed E-state index contributed by atoms with van der Waals surface area (Å²) in [5.74, 6) is -3.18. The third kappa shape index (κ3) is 2.65. The summed E-state index contributed by atoms with van der Waals surface area (Å²) in [4.78, 5) is 36.4. The van der Waals surface area contributed by atoms with Crippen molar-refractivity contribution in [2.24, 2.45) is 0 Å². The predicted octanol–water partition coefficient (Wildman–Crippen LogP) is 2.05. The number of carbonyl (C=O) groups is 3. The molecule has 6 heteroatoms. The SMILES string of the molecule is C[C@@]1(c2ccccc2)C(=O)C(C(=O)NCC(=O)O)=C(O)c2ccccc21. The molecular formula is C20H17NO5. The molecule has 1 aliphatic carbocycles. The number of ketones is 1. The van der Waals surface area contributed by atoms with Crippen molar-refractivity contribution in [2.75, 3.05) is 6.54 Å². The Kier molecular flexibility index (Phi) is 4.34. The molecule has 0 unspecified atom stereocenters. The van der Waals surface area contributed by atoms with Gasteiger partial charge >= 0.3 is 5.97 Å². The second kappa shape index (κ2) is 6.48. The fraction of sp³-hybridized carbons (Fsp3) is 0.150. The number of nitrogens with one attached hydrogen (secondary N) is 1. The van der Waals surface area contributed by atoms with E-state index >= 15 is 0 Å². The molecule has 3 rings (SSSR count). The monoisotopic (exact) mass is 351 g/mol. The third-order valence-corrected chi connectivity index (χ3v) is 4.62. The number of fused-ring (bicyclic) bond motifs is 1. The number of aliphatic carboxylic acids is 1. The second-order valence-corrected chi connectivity index (χ2v) is 6.17. The fourth-order valence-electron chi connectivity index (χ4n) is 3.25. The molecule has 0 radical (unpaired) electrons. The van der Waals surface area contributed by atoms with Gasteiger partial charge in [-0.3, -0.25) is 14.4 Å². The van der Waals surface area contributed by atoms with E-state index in [1.807, 2.05) is 6.07 Å². The lowest BCUT2D eigenvalue weighted by Crippen LogP contribution is -2.44. The van der Waals surface area contributed by atoms with Crippen molar-refractivity contribution >= 4 is 23.4 Å². The molecule has 0 spiro atoms. The van der Waals surface area contributed by atoms with Crippen molar-refractivity contribution in [3.63, 3.8) is 0 Å². The average molecular weight is 351 g/mol. The van der Waals surface area contributed by atoms with E-state index in [0.717, 1.165) is 0 Å². The maximum atomic E-state index is 13.3. The van der Waals surface area contributed by atoms with Crippen LogP contribution in [-0.4, -0.2) is 34.4 Å². The quantitative estimate of drug-likeness (QED) is 0.732. The van der Waals surface area contributed by atoms with Crippen LogP contribution in [0.3, 0.4) is 0 Å². The maximum Gasteiger partial charge on any atom is 0.322 e. The number of aliphatic hydroxyl groups is 1. The van der Waals surface area contributed by atoms with Crippen molar-refractivity contribution in [3.8, 4) is 0 Å². The van der Waals surface area contributed by atoms with Gasteiger partial charge in [0.15, 0.2) is 5.78 Å². The molecule has 0 aliphatic heterocycles. The first-order valence-electron chi connectivity index (χ1n) is 8.00. The minimum absolute atomic E-state index is 0.374. The van der Waals surface area contributed by atoms with Gasteiger partial charge in [-0.25, -0.2) is 0 Å². The van der Waals surface area contributed by atoms with E-state index in [2.05, 4.69) is 5.32 Å². The van der Waals surface area contributed by atoms with Gasteiger partial charge in [0.25, 0.3) is 5.91 Å². The molecule has 0 saturated heterocycles. The second-order valence-electron chi connectivity index (χ2n) is 6.17. The number of carbonyl (C=O) groups excluding carboxylic acids is 2. The van der Waals surface area contributed by atoms with Crippen molar-refractivity contribution in [1.29, 1.82) is 0 Å². The third-order valence-electron chi connectivity index (χ3n) is 4.62. The zero-order valence-corrected chi connectivity index (χ0v) is 14.0. The molecule has 0 heterocycles. The molecule has 132 valence electrons. The number of Topliss-reactive ketones (excluding diaryl/α,β-unsaturated/α-hetero) is 1. The lowest BCUT2D eigenvalue weighted by atomic mass is 9.66. The lowest BCUT2D eigenvalue weighted by Gasteiger charge is -2.35. The van der Waals surface area contributed by atoms with E-state index in [0.29, 0.717) is 16.7 Å². The first-order chi connectivity index (χ1) is 12.4. The van der Waals surface area contributed by atoms with Crippen LogP contribution in [0, 0.1) is 0 Å². The number of hydrogen-bond donors (Lipinski definition) is 3. The molecule has 6 nitrogen and oxygen atoms in total. The number of amides is 1. The molecule has 1 aliphatic rings. The van der Waals surface area contributed by atoms with Crippen molar-refractivity contribution in [2.45, 2.75) is 12.3 Å². The van der Waals surface area contributed by atoms with Gasteiger partial charge in [0.2, 0.25) is 0 Å². The largest absolute Gasteiger partial charge is 0.506 e. The summed E-state index contributed by atoms with van der Waals surface area (Å²) in [5, 5.41) is 21.5. The molecule has 26 heavy (non-hydrogen) atoms. The van der Waals surface area contributed by atoms with E-state index in [1.54, 1.807) is 55.5 Å². The Hall–Kier alpha value is -3.41. The zero-order valence-electron chi connectivity index (χ0n) is 14.0. The van der Waals surface area contributed by atoms with E-state index in [9.17, 15) is 19.5 Å². The Morgan fingerprint density at radius 1 is 1.04 bits per heavy atom. The number of aliphatic hydroxyl groups excluding tert-OH is 1.